The molecule has 4 amide bonds. The van der Waals surface area contributed by atoms with Gasteiger partial charge in [0.1, 0.15) is 11.3 Å². The molecule has 40 heavy (non-hydrogen) atoms. The normalized spacial score (nSPS) is 14.1. The minimum Gasteiger partial charge on any atom is -0.444 e. The summed E-state index contributed by atoms with van der Waals surface area (Å²) < 4.78 is 10.7. The minimum absolute atomic E-state index is 0.0272. The first-order valence-corrected chi connectivity index (χ1v) is 14.6. The lowest BCUT2D eigenvalue weighted by atomic mass is 10.2. The van der Waals surface area contributed by atoms with Crippen molar-refractivity contribution in [3.8, 4) is 0 Å². The zero-order valence-corrected chi connectivity index (χ0v) is 24.9. The Morgan fingerprint density at radius 3 is 2.42 bits per heavy atom. The summed E-state index contributed by atoms with van der Waals surface area (Å²) in [7, 11) is 0. The van der Waals surface area contributed by atoms with Gasteiger partial charge in [-0.1, -0.05) is 6.07 Å². The Labute approximate surface area is 240 Å². The van der Waals surface area contributed by atoms with Crippen LogP contribution in [0.25, 0.3) is 0 Å². The van der Waals surface area contributed by atoms with Crippen molar-refractivity contribution in [3.63, 3.8) is 0 Å². The second kappa shape index (κ2) is 15.0. The lowest BCUT2D eigenvalue weighted by Crippen LogP contribution is -2.43. The van der Waals surface area contributed by atoms with Gasteiger partial charge in [-0.15, -0.1) is 11.3 Å². The molecule has 0 bridgehead atoms. The molecule has 0 saturated carbocycles. The van der Waals surface area contributed by atoms with E-state index in [0.29, 0.717) is 24.5 Å². The van der Waals surface area contributed by atoms with Gasteiger partial charge in [-0.2, -0.15) is 0 Å². The van der Waals surface area contributed by atoms with Gasteiger partial charge < -0.3 is 25.0 Å². The molecule has 3 rings (SSSR count). The summed E-state index contributed by atoms with van der Waals surface area (Å²) >= 11 is 1.34. The van der Waals surface area contributed by atoms with E-state index in [1.807, 2.05) is 13.8 Å². The molecule has 3 heterocycles. The monoisotopic (exact) mass is 574 g/mol. The molecule has 220 valence electrons. The zero-order chi connectivity index (χ0) is 29.1. The number of nitrogens with zero attached hydrogens (tertiary/aromatic N) is 3. The van der Waals surface area contributed by atoms with Crippen LogP contribution in [0, 0.1) is 0 Å². The molecular weight excluding hydrogens is 532 g/mol. The molecule has 1 aliphatic heterocycles. The summed E-state index contributed by atoms with van der Waals surface area (Å²) in [6, 6.07) is 3.35. The van der Waals surface area contributed by atoms with Crippen LogP contribution in [0.15, 0.2) is 29.1 Å². The fourth-order valence-electron chi connectivity index (χ4n) is 4.02. The number of thiophene rings is 1. The standard InChI is InChI=1S/C28H42N6O5S/c1-20(2)30-26(36)34(11-7-6-10-33-12-14-38-15-13-33)17-21-8-9-22(29-16-21)25(35)31-23-18-40-19-24(23)32-27(37)39-28(3,4)5/h8-9,16,18-20H,6-7,10-15,17H2,1-5H3,(H,30,36)(H,31,35)(H,32,37). The lowest BCUT2D eigenvalue weighted by Gasteiger charge is -2.27. The van der Waals surface area contributed by atoms with Gasteiger partial charge in [0, 0.05) is 49.2 Å². The Hall–Kier alpha value is -3.22. The first kappa shape index (κ1) is 31.3. The van der Waals surface area contributed by atoms with E-state index in [0.717, 1.165) is 51.3 Å². The van der Waals surface area contributed by atoms with Crippen LogP contribution in [0.2, 0.25) is 0 Å². The summed E-state index contributed by atoms with van der Waals surface area (Å²) in [5.74, 6) is -0.408. The number of pyridine rings is 1. The largest absolute Gasteiger partial charge is 0.444 e. The molecule has 0 spiro atoms. The smallest absolute Gasteiger partial charge is 0.412 e. The predicted octanol–water partition coefficient (Wildman–Crippen LogP) is 4.77. The molecule has 1 aliphatic rings. The van der Waals surface area contributed by atoms with Gasteiger partial charge in [-0.05, 0) is 65.6 Å². The number of morpholine rings is 1. The van der Waals surface area contributed by atoms with E-state index in [1.54, 1.807) is 54.8 Å². The molecule has 0 aliphatic carbocycles. The fraction of sp³-hybridized carbons (Fsp3) is 0.571. The van der Waals surface area contributed by atoms with Gasteiger partial charge >= 0.3 is 12.1 Å². The SMILES string of the molecule is CC(C)NC(=O)N(CCCCN1CCOCC1)Cc1ccc(C(=O)Nc2cscc2NC(=O)OC(C)(C)C)nc1. The minimum atomic E-state index is -0.636. The van der Waals surface area contributed by atoms with Crippen molar-refractivity contribution in [1.82, 2.24) is 20.1 Å². The van der Waals surface area contributed by atoms with E-state index in [4.69, 9.17) is 9.47 Å². The Morgan fingerprint density at radius 2 is 1.80 bits per heavy atom. The molecule has 2 aromatic heterocycles. The average Bonchev–Trinajstić information content (AvgIpc) is 3.31. The third-order valence-electron chi connectivity index (χ3n) is 5.93. The van der Waals surface area contributed by atoms with E-state index in [1.165, 1.54) is 11.3 Å². The average molecular weight is 575 g/mol. The van der Waals surface area contributed by atoms with Gasteiger partial charge in [-0.25, -0.2) is 9.59 Å². The van der Waals surface area contributed by atoms with Crippen LogP contribution in [0.5, 0.6) is 0 Å². The number of rotatable bonds is 11. The molecule has 0 aromatic carbocycles. The first-order valence-electron chi connectivity index (χ1n) is 13.7. The number of hydrogen-bond acceptors (Lipinski definition) is 8. The number of urea groups is 1. The maximum absolute atomic E-state index is 12.9. The molecule has 2 aromatic rings. The maximum atomic E-state index is 12.9. The first-order chi connectivity index (χ1) is 19.0. The number of anilines is 2. The van der Waals surface area contributed by atoms with E-state index >= 15 is 0 Å². The highest BCUT2D eigenvalue weighted by atomic mass is 32.1. The van der Waals surface area contributed by atoms with Crippen LogP contribution in [-0.2, 0) is 16.0 Å². The number of unbranched alkanes of at least 4 members (excludes halogenated alkanes) is 1. The number of carbonyl (C=O) groups is 3. The fourth-order valence-corrected chi connectivity index (χ4v) is 4.73. The lowest BCUT2D eigenvalue weighted by molar-refractivity contribution is 0.0369. The molecular formula is C28H42N6O5S. The highest BCUT2D eigenvalue weighted by Crippen LogP contribution is 2.27. The van der Waals surface area contributed by atoms with Crippen LogP contribution in [0.4, 0.5) is 21.0 Å². The molecule has 11 nitrogen and oxygen atoms in total. The van der Waals surface area contributed by atoms with Crippen LogP contribution >= 0.6 is 11.3 Å². The molecule has 0 atom stereocenters. The Balaban J connectivity index is 1.56. The van der Waals surface area contributed by atoms with Crippen molar-refractivity contribution in [2.45, 2.75) is 65.6 Å². The highest BCUT2D eigenvalue weighted by Gasteiger charge is 2.20. The Morgan fingerprint density at radius 1 is 1.10 bits per heavy atom. The molecule has 0 radical (unpaired) electrons. The van der Waals surface area contributed by atoms with Crippen LogP contribution in [0.3, 0.4) is 0 Å². The van der Waals surface area contributed by atoms with E-state index in [9.17, 15) is 14.4 Å². The van der Waals surface area contributed by atoms with Crippen molar-refractivity contribution >= 4 is 40.7 Å². The van der Waals surface area contributed by atoms with Gasteiger partial charge in [0.25, 0.3) is 5.91 Å². The van der Waals surface area contributed by atoms with E-state index in [-0.39, 0.29) is 17.8 Å². The highest BCUT2D eigenvalue weighted by molar-refractivity contribution is 7.09. The van der Waals surface area contributed by atoms with Crippen LogP contribution < -0.4 is 16.0 Å². The zero-order valence-electron chi connectivity index (χ0n) is 24.1. The third kappa shape index (κ3) is 10.7. The van der Waals surface area contributed by atoms with Crippen molar-refractivity contribution in [3.05, 3.63) is 40.3 Å². The maximum Gasteiger partial charge on any atom is 0.412 e. The number of hydrogen-bond donors (Lipinski definition) is 3. The molecule has 12 heteroatoms. The summed E-state index contributed by atoms with van der Waals surface area (Å²) in [5.41, 5.74) is 1.32. The second-order valence-electron chi connectivity index (χ2n) is 11.0. The van der Waals surface area contributed by atoms with Crippen molar-refractivity contribution in [2.75, 3.05) is 50.0 Å². The molecule has 0 unspecified atom stereocenters. The summed E-state index contributed by atoms with van der Waals surface area (Å²) in [6.07, 6.45) is 2.90. The van der Waals surface area contributed by atoms with E-state index in [2.05, 4.69) is 25.8 Å². The predicted molar refractivity (Wildman–Crippen MR) is 157 cm³/mol. The Kier molecular flexibility index (Phi) is 11.7. The van der Waals surface area contributed by atoms with E-state index < -0.39 is 17.6 Å². The number of nitrogens with one attached hydrogen (secondary N) is 3. The van der Waals surface area contributed by atoms with Crippen molar-refractivity contribution in [2.24, 2.45) is 0 Å². The molecule has 1 saturated heterocycles. The number of ether oxygens (including phenoxy) is 2. The molecule has 1 fully saturated rings. The number of amides is 4. The summed E-state index contributed by atoms with van der Waals surface area (Å²) in [4.78, 5) is 46.3. The van der Waals surface area contributed by atoms with Gasteiger partial charge in [0.05, 0.1) is 24.6 Å². The second-order valence-corrected chi connectivity index (χ2v) is 11.8. The number of carbonyl (C=O) groups excluding carboxylic acids is 3. The van der Waals surface area contributed by atoms with Crippen molar-refractivity contribution < 1.29 is 23.9 Å². The van der Waals surface area contributed by atoms with Gasteiger partial charge in [0.2, 0.25) is 0 Å². The molecule has 3 N–H and O–H groups in total. The topological polar surface area (TPSA) is 125 Å². The summed E-state index contributed by atoms with van der Waals surface area (Å²) in [5, 5.41) is 11.9. The van der Waals surface area contributed by atoms with Crippen molar-refractivity contribution in [1.29, 1.82) is 0 Å². The summed E-state index contributed by atoms with van der Waals surface area (Å²) in [6.45, 7) is 14.7. The van der Waals surface area contributed by atoms with Crippen LogP contribution in [0.1, 0.15) is 63.5 Å². The number of aromatic nitrogens is 1. The van der Waals surface area contributed by atoms with Crippen LogP contribution in [-0.4, -0.2) is 83.9 Å². The quantitative estimate of drug-likeness (QED) is 0.330. The van der Waals surface area contributed by atoms with Gasteiger partial charge in [0.15, 0.2) is 0 Å². The third-order valence-corrected chi connectivity index (χ3v) is 6.68. The Bertz CT molecular complexity index is 1110. The van der Waals surface area contributed by atoms with Gasteiger partial charge in [-0.3, -0.25) is 20.0 Å².